The quantitative estimate of drug-likeness (QED) is 0.422. The van der Waals surface area contributed by atoms with E-state index in [2.05, 4.69) is 80.1 Å². The van der Waals surface area contributed by atoms with Crippen LogP contribution in [0.1, 0.15) is 0 Å². The summed E-state index contributed by atoms with van der Waals surface area (Å²) in [7, 11) is 0. The van der Waals surface area contributed by atoms with Crippen molar-refractivity contribution in [1.29, 1.82) is 0 Å². The second-order valence-corrected chi connectivity index (χ2v) is 5.19. The summed E-state index contributed by atoms with van der Waals surface area (Å²) in [4.78, 5) is 2.42. The minimum absolute atomic E-state index is 0. The molecule has 0 heterocycles. The van der Waals surface area contributed by atoms with Crippen molar-refractivity contribution in [3.05, 3.63) is 24.3 Å². The maximum atomic E-state index is 3.89. The van der Waals surface area contributed by atoms with Crippen molar-refractivity contribution >= 4 is 56.6 Å². The predicted molar refractivity (Wildman–Crippen MR) is 79.0 cm³/mol. The van der Waals surface area contributed by atoms with Crippen LogP contribution < -0.4 is 27.6 Å². The van der Waals surface area contributed by atoms with Crippen molar-refractivity contribution in [2.24, 2.45) is 0 Å². The Hall–Kier alpha value is 0.920. The van der Waals surface area contributed by atoms with Gasteiger partial charge in [0.15, 0.2) is 0 Å². The number of alkyl halides is 2. The van der Waals surface area contributed by atoms with E-state index in [-0.39, 0.29) is 17.0 Å². The van der Waals surface area contributed by atoms with E-state index < -0.39 is 0 Å². The highest BCUT2D eigenvalue weighted by Gasteiger charge is 2.04. The predicted octanol–water partition coefficient (Wildman–Crippen LogP) is -0.760. The van der Waals surface area contributed by atoms with Crippen molar-refractivity contribution in [2.45, 2.75) is 0 Å². The van der Waals surface area contributed by atoms with Crippen molar-refractivity contribution in [2.75, 3.05) is 26.8 Å². The molecule has 0 aliphatic carbocycles. The van der Waals surface area contributed by atoms with E-state index in [1.54, 1.807) is 0 Å². The first-order valence-electron chi connectivity index (χ1n) is 4.57. The second kappa shape index (κ2) is 9.00. The van der Waals surface area contributed by atoms with Crippen LogP contribution in [-0.2, 0) is 0 Å². The summed E-state index contributed by atoms with van der Waals surface area (Å²) in [6.07, 6.45) is 0. The molecule has 0 amide bonds. The molecule has 5 heteroatoms. The Morgan fingerprint density at radius 2 is 1.47 bits per heavy atom. The third-order valence-corrected chi connectivity index (χ3v) is 2.98. The lowest BCUT2D eigenvalue weighted by atomic mass is 10.2. The highest BCUT2D eigenvalue weighted by Crippen LogP contribution is 2.15. The molecule has 0 unspecified atom stereocenters. The molecule has 0 aliphatic heterocycles. The van der Waals surface area contributed by atoms with Gasteiger partial charge in [-0.15, -0.1) is 0 Å². The van der Waals surface area contributed by atoms with Crippen LogP contribution in [0.3, 0.4) is 0 Å². The minimum atomic E-state index is 0. The van der Waals surface area contributed by atoms with Gasteiger partial charge < -0.3 is 27.6 Å². The van der Waals surface area contributed by atoms with Gasteiger partial charge in [0.25, 0.3) is 0 Å². The molecule has 2 nitrogen and oxygen atoms in total. The Morgan fingerprint density at radius 1 is 1.00 bits per heavy atom. The largest absolute Gasteiger partial charge is 1.00 e. The fourth-order valence-electron chi connectivity index (χ4n) is 1.28. The van der Waals surface area contributed by atoms with Gasteiger partial charge in [-0.3, -0.25) is 0 Å². The summed E-state index contributed by atoms with van der Waals surface area (Å²) in [6, 6.07) is 8.45. The van der Waals surface area contributed by atoms with Crippen LogP contribution in [0.25, 0.3) is 0 Å². The number of nitrogens with zero attached hydrogens (tertiary/aromatic N) is 1. The number of anilines is 1. The molecule has 0 saturated heterocycles. The lowest BCUT2D eigenvalue weighted by molar-refractivity contribution is -0.254. The van der Waals surface area contributed by atoms with E-state index in [9.17, 15) is 0 Å². The molecule has 0 atom stereocenters. The number of hydrogen-bond acceptors (Lipinski definition) is 1. The van der Waals surface area contributed by atoms with Crippen molar-refractivity contribution in [1.82, 2.24) is 0 Å². The Bertz CT molecular complexity index is 261. The Kier molecular flexibility index (Phi) is 9.55. The number of rotatable bonds is 5. The number of benzene rings is 1. The molecule has 0 fully saturated rings. The van der Waals surface area contributed by atoms with E-state index in [1.807, 2.05) is 0 Å². The summed E-state index contributed by atoms with van der Waals surface area (Å²) in [5.74, 6) is 0. The summed E-state index contributed by atoms with van der Waals surface area (Å²) >= 11 is 4.84. The van der Waals surface area contributed by atoms with Crippen LogP contribution in [0.5, 0.6) is 0 Å². The van der Waals surface area contributed by atoms with Crippen molar-refractivity contribution in [3.63, 3.8) is 0 Å². The van der Waals surface area contributed by atoms with Crippen molar-refractivity contribution < 1.29 is 22.7 Å². The second-order valence-electron chi connectivity index (χ2n) is 3.03. The molecule has 0 aromatic heterocycles. The molecule has 0 radical (unpaired) electrons. The molecule has 1 aromatic rings. The van der Waals surface area contributed by atoms with Crippen LogP contribution in [0.4, 0.5) is 11.4 Å². The summed E-state index contributed by atoms with van der Waals surface area (Å²) in [5, 5.41) is 0. The fraction of sp³-hybridized carbons (Fsp3) is 0.400. The Balaban J connectivity index is 0.00000196. The van der Waals surface area contributed by atoms with Crippen LogP contribution in [0.2, 0.25) is 0 Å². The maximum Gasteiger partial charge on any atom is 0.128 e. The van der Waals surface area contributed by atoms with E-state index in [4.69, 9.17) is 0 Å². The molecule has 0 bridgehead atoms. The number of quaternary nitrogens is 1. The average molecular weight is 497 g/mol. The summed E-state index contributed by atoms with van der Waals surface area (Å²) in [5.41, 5.74) is 6.28. The zero-order valence-electron chi connectivity index (χ0n) is 8.43. The summed E-state index contributed by atoms with van der Waals surface area (Å²) < 4.78 is 2.33. The first kappa shape index (κ1) is 15.9. The molecule has 86 valence electrons. The van der Waals surface area contributed by atoms with Gasteiger partial charge in [-0.2, -0.15) is 0 Å². The SMILES string of the molecule is [Br-].[NH3+]c1ccc(N(CCI)CCI)cc1. The first-order chi connectivity index (χ1) is 6.77. The van der Waals surface area contributed by atoms with Crippen LogP contribution in [0, 0.1) is 0 Å². The van der Waals surface area contributed by atoms with Gasteiger partial charge in [-0.25, -0.2) is 0 Å². The van der Waals surface area contributed by atoms with Gasteiger partial charge in [0.2, 0.25) is 0 Å². The third-order valence-electron chi connectivity index (χ3n) is 2.01. The van der Waals surface area contributed by atoms with E-state index in [0.29, 0.717) is 0 Å². The van der Waals surface area contributed by atoms with Gasteiger partial charge in [-0.1, -0.05) is 45.2 Å². The van der Waals surface area contributed by atoms with Crippen LogP contribution in [0.15, 0.2) is 24.3 Å². The van der Waals surface area contributed by atoms with Crippen LogP contribution in [-0.4, -0.2) is 21.9 Å². The molecule has 0 spiro atoms. The standard InChI is InChI=1S/C10H14I2N2.BrH/c11-5-7-14(8-6-12)10-3-1-9(13)2-4-10;/h1-4H,5-8,13H2;1H. The van der Waals surface area contributed by atoms with Gasteiger partial charge in [0.05, 0.1) is 0 Å². The molecule has 15 heavy (non-hydrogen) atoms. The van der Waals surface area contributed by atoms with Gasteiger partial charge >= 0.3 is 0 Å². The number of hydrogen-bond donors (Lipinski definition) is 1. The van der Waals surface area contributed by atoms with Gasteiger partial charge in [-0.05, 0) is 12.1 Å². The molecule has 1 aromatic carbocycles. The lowest BCUT2D eigenvalue weighted by Gasteiger charge is -2.22. The topological polar surface area (TPSA) is 30.9 Å². The van der Waals surface area contributed by atoms with E-state index in [1.165, 1.54) is 14.5 Å². The first-order valence-corrected chi connectivity index (χ1v) is 7.62. The smallest absolute Gasteiger partial charge is 0.128 e. The van der Waals surface area contributed by atoms with E-state index in [0.717, 1.165) is 18.8 Å². The van der Waals surface area contributed by atoms with Crippen LogP contribution >= 0.6 is 45.2 Å². The Labute approximate surface area is 129 Å². The molecular weight excluding hydrogens is 482 g/mol. The molecule has 3 N–H and O–H groups in total. The minimum Gasteiger partial charge on any atom is -1.00 e. The summed E-state index contributed by atoms with van der Waals surface area (Å²) in [6.45, 7) is 2.25. The Morgan fingerprint density at radius 3 is 1.87 bits per heavy atom. The van der Waals surface area contributed by atoms with E-state index >= 15 is 0 Å². The van der Waals surface area contributed by atoms with Gasteiger partial charge in [0, 0.05) is 39.8 Å². The highest BCUT2D eigenvalue weighted by atomic mass is 127. The molecule has 0 aliphatic rings. The average Bonchev–Trinajstić information content (AvgIpc) is 2.19. The molecular formula is C10H15BrI2N2. The van der Waals surface area contributed by atoms with Gasteiger partial charge in [0.1, 0.15) is 5.69 Å². The molecule has 0 saturated carbocycles. The fourth-order valence-corrected chi connectivity index (χ4v) is 2.45. The zero-order valence-corrected chi connectivity index (χ0v) is 14.3. The normalized spacial score (nSPS) is 9.53. The monoisotopic (exact) mass is 496 g/mol. The molecule has 1 rings (SSSR count). The maximum absolute atomic E-state index is 3.89. The lowest BCUT2D eigenvalue weighted by Crippen LogP contribution is -3.00. The van der Waals surface area contributed by atoms with Crippen molar-refractivity contribution in [3.8, 4) is 0 Å². The zero-order chi connectivity index (χ0) is 10.4. The third kappa shape index (κ3) is 5.69. The number of halogens is 3. The highest BCUT2D eigenvalue weighted by molar-refractivity contribution is 14.1.